The summed E-state index contributed by atoms with van der Waals surface area (Å²) in [5.74, 6) is 1.26. The SMILES string of the molecule is Cc1ccc(C(C)CNC(=O)C2CC3CCCCC3N2)cc1.Cl. The van der Waals surface area contributed by atoms with Crippen molar-refractivity contribution in [2.24, 2.45) is 5.92 Å². The average Bonchev–Trinajstić information content (AvgIpc) is 2.97. The molecule has 1 aromatic carbocycles. The standard InChI is InChI=1S/C19H28N2O.ClH/c1-13-7-9-15(10-8-13)14(2)12-20-19(22)18-11-16-5-3-4-6-17(16)21-18;/h7-10,14,16-18,21H,3-6,11-12H2,1-2H3,(H,20,22);1H. The number of carbonyl (C=O) groups excluding carboxylic acids is 1. The molecule has 1 heterocycles. The zero-order chi connectivity index (χ0) is 15.5. The van der Waals surface area contributed by atoms with Gasteiger partial charge in [-0.2, -0.15) is 0 Å². The van der Waals surface area contributed by atoms with Gasteiger partial charge in [0.15, 0.2) is 0 Å². The minimum atomic E-state index is 0. The highest BCUT2D eigenvalue weighted by Crippen LogP contribution is 2.33. The molecule has 1 aliphatic heterocycles. The van der Waals surface area contributed by atoms with E-state index in [0.29, 0.717) is 12.0 Å². The lowest BCUT2D eigenvalue weighted by Gasteiger charge is -2.24. The fourth-order valence-corrected chi connectivity index (χ4v) is 3.91. The lowest BCUT2D eigenvalue weighted by molar-refractivity contribution is -0.122. The van der Waals surface area contributed by atoms with Gasteiger partial charge < -0.3 is 10.6 Å². The second-order valence-corrected chi connectivity index (χ2v) is 7.16. The smallest absolute Gasteiger partial charge is 0.237 e. The van der Waals surface area contributed by atoms with Crippen LogP contribution in [-0.2, 0) is 4.79 Å². The number of hydrogen-bond donors (Lipinski definition) is 2. The lowest BCUT2D eigenvalue weighted by atomic mass is 9.85. The van der Waals surface area contributed by atoms with Gasteiger partial charge in [0.1, 0.15) is 0 Å². The summed E-state index contributed by atoms with van der Waals surface area (Å²) in [5, 5.41) is 6.70. The summed E-state index contributed by atoms with van der Waals surface area (Å²) >= 11 is 0. The Kier molecular flexibility index (Phi) is 6.49. The van der Waals surface area contributed by atoms with Gasteiger partial charge in [-0.25, -0.2) is 0 Å². The number of carbonyl (C=O) groups is 1. The monoisotopic (exact) mass is 336 g/mol. The van der Waals surface area contributed by atoms with E-state index < -0.39 is 0 Å². The molecule has 2 fully saturated rings. The topological polar surface area (TPSA) is 41.1 Å². The Balaban J connectivity index is 0.00000192. The molecule has 4 atom stereocenters. The van der Waals surface area contributed by atoms with E-state index in [9.17, 15) is 4.79 Å². The van der Waals surface area contributed by atoms with Crippen molar-refractivity contribution < 1.29 is 4.79 Å². The van der Waals surface area contributed by atoms with Gasteiger partial charge in [0.05, 0.1) is 6.04 Å². The first kappa shape index (κ1) is 18.3. The molecule has 2 N–H and O–H groups in total. The Labute approximate surface area is 146 Å². The van der Waals surface area contributed by atoms with Crippen molar-refractivity contribution >= 4 is 18.3 Å². The fourth-order valence-electron chi connectivity index (χ4n) is 3.91. The second kappa shape index (κ2) is 8.16. The molecule has 1 saturated heterocycles. The van der Waals surface area contributed by atoms with Crippen LogP contribution in [0.3, 0.4) is 0 Å². The van der Waals surface area contributed by atoms with Crippen LogP contribution in [0.2, 0.25) is 0 Å². The zero-order valence-corrected chi connectivity index (χ0v) is 15.0. The van der Waals surface area contributed by atoms with Gasteiger partial charge in [-0.15, -0.1) is 12.4 Å². The minimum absolute atomic E-state index is 0. The summed E-state index contributed by atoms with van der Waals surface area (Å²) in [4.78, 5) is 12.4. The number of fused-ring (bicyclic) bond motifs is 1. The maximum Gasteiger partial charge on any atom is 0.237 e. The van der Waals surface area contributed by atoms with E-state index in [1.165, 1.54) is 36.8 Å². The molecule has 0 bridgehead atoms. The fraction of sp³-hybridized carbons (Fsp3) is 0.632. The third kappa shape index (κ3) is 4.48. The molecule has 4 unspecified atom stereocenters. The predicted molar refractivity (Wildman–Crippen MR) is 97.1 cm³/mol. The average molecular weight is 337 g/mol. The van der Waals surface area contributed by atoms with Crippen LogP contribution in [0.5, 0.6) is 0 Å². The number of halogens is 1. The van der Waals surface area contributed by atoms with Crippen molar-refractivity contribution in [3.05, 3.63) is 35.4 Å². The second-order valence-electron chi connectivity index (χ2n) is 7.16. The molecule has 3 rings (SSSR count). The van der Waals surface area contributed by atoms with Crippen LogP contribution >= 0.6 is 12.4 Å². The Morgan fingerprint density at radius 1 is 1.26 bits per heavy atom. The number of benzene rings is 1. The van der Waals surface area contributed by atoms with Crippen LogP contribution < -0.4 is 10.6 Å². The number of rotatable bonds is 4. The largest absolute Gasteiger partial charge is 0.354 e. The maximum atomic E-state index is 12.4. The van der Waals surface area contributed by atoms with Gasteiger partial charge in [0.25, 0.3) is 0 Å². The van der Waals surface area contributed by atoms with E-state index in [-0.39, 0.29) is 24.4 Å². The number of hydrogen-bond acceptors (Lipinski definition) is 2. The third-order valence-electron chi connectivity index (χ3n) is 5.41. The van der Waals surface area contributed by atoms with Crippen molar-refractivity contribution in [2.45, 2.75) is 64.0 Å². The molecular weight excluding hydrogens is 308 g/mol. The first-order chi connectivity index (χ1) is 10.6. The number of aryl methyl sites for hydroxylation is 1. The highest BCUT2D eigenvalue weighted by Gasteiger charge is 2.38. The Hall–Kier alpha value is -1.06. The minimum Gasteiger partial charge on any atom is -0.354 e. The maximum absolute atomic E-state index is 12.4. The van der Waals surface area contributed by atoms with Gasteiger partial charge in [-0.3, -0.25) is 4.79 Å². The van der Waals surface area contributed by atoms with Gasteiger partial charge >= 0.3 is 0 Å². The van der Waals surface area contributed by atoms with Crippen molar-refractivity contribution in [3.8, 4) is 0 Å². The van der Waals surface area contributed by atoms with Crippen molar-refractivity contribution in [2.75, 3.05) is 6.54 Å². The number of nitrogens with one attached hydrogen (secondary N) is 2. The van der Waals surface area contributed by atoms with Gasteiger partial charge in [-0.1, -0.05) is 49.6 Å². The van der Waals surface area contributed by atoms with Crippen LogP contribution in [0.15, 0.2) is 24.3 Å². The molecule has 0 aromatic heterocycles. The molecule has 4 heteroatoms. The van der Waals surface area contributed by atoms with E-state index in [1.807, 2.05) is 0 Å². The van der Waals surface area contributed by atoms with Gasteiger partial charge in [-0.05, 0) is 43.6 Å². The molecule has 1 aromatic rings. The number of amides is 1. The van der Waals surface area contributed by atoms with Crippen molar-refractivity contribution in [1.82, 2.24) is 10.6 Å². The quantitative estimate of drug-likeness (QED) is 0.882. The van der Waals surface area contributed by atoms with Crippen molar-refractivity contribution in [1.29, 1.82) is 0 Å². The highest BCUT2D eigenvalue weighted by atomic mass is 35.5. The van der Waals surface area contributed by atoms with Gasteiger partial charge in [0, 0.05) is 12.6 Å². The summed E-state index contributed by atoms with van der Waals surface area (Å²) in [6.07, 6.45) is 6.21. The lowest BCUT2D eigenvalue weighted by Crippen LogP contribution is -2.44. The summed E-state index contributed by atoms with van der Waals surface area (Å²) in [5.41, 5.74) is 2.57. The van der Waals surface area contributed by atoms with E-state index in [2.05, 4.69) is 48.7 Å². The summed E-state index contributed by atoms with van der Waals surface area (Å²) in [6.45, 7) is 4.99. The van der Waals surface area contributed by atoms with E-state index in [4.69, 9.17) is 0 Å². The van der Waals surface area contributed by atoms with E-state index >= 15 is 0 Å². The molecule has 1 saturated carbocycles. The highest BCUT2D eigenvalue weighted by molar-refractivity contribution is 5.85. The van der Waals surface area contributed by atoms with Crippen molar-refractivity contribution in [3.63, 3.8) is 0 Å². The Morgan fingerprint density at radius 3 is 2.65 bits per heavy atom. The first-order valence-electron chi connectivity index (χ1n) is 8.74. The van der Waals surface area contributed by atoms with Crippen LogP contribution in [0.1, 0.15) is 56.1 Å². The molecule has 0 radical (unpaired) electrons. The van der Waals surface area contributed by atoms with E-state index in [0.717, 1.165) is 18.9 Å². The molecule has 3 nitrogen and oxygen atoms in total. The summed E-state index contributed by atoms with van der Waals surface area (Å²) < 4.78 is 0. The molecule has 2 aliphatic rings. The molecule has 23 heavy (non-hydrogen) atoms. The van der Waals surface area contributed by atoms with E-state index in [1.54, 1.807) is 0 Å². The van der Waals surface area contributed by atoms with Crippen LogP contribution in [0.25, 0.3) is 0 Å². The summed E-state index contributed by atoms with van der Waals surface area (Å²) in [6, 6.07) is 9.20. The Bertz CT molecular complexity index is 503. The first-order valence-corrected chi connectivity index (χ1v) is 8.74. The molecule has 0 spiro atoms. The van der Waals surface area contributed by atoms with Gasteiger partial charge in [0.2, 0.25) is 5.91 Å². The Morgan fingerprint density at radius 2 is 1.96 bits per heavy atom. The zero-order valence-electron chi connectivity index (χ0n) is 14.2. The normalized spacial score (nSPS) is 27.7. The van der Waals surface area contributed by atoms with Crippen LogP contribution in [-0.4, -0.2) is 24.5 Å². The van der Waals surface area contributed by atoms with Crippen LogP contribution in [0.4, 0.5) is 0 Å². The summed E-state index contributed by atoms with van der Waals surface area (Å²) in [7, 11) is 0. The molecular formula is C19H29ClN2O. The van der Waals surface area contributed by atoms with Crippen LogP contribution in [0, 0.1) is 12.8 Å². The predicted octanol–water partition coefficient (Wildman–Crippen LogP) is 3.56. The molecule has 128 valence electrons. The molecule has 1 amide bonds. The molecule has 1 aliphatic carbocycles. The third-order valence-corrected chi connectivity index (χ3v) is 5.41.